The second-order valence-corrected chi connectivity index (χ2v) is 20.0. The van der Waals surface area contributed by atoms with Crippen molar-refractivity contribution in [3.63, 3.8) is 0 Å². The smallest absolute Gasteiger partial charge is 0.344 e. The molecule has 1 saturated carbocycles. The zero-order chi connectivity index (χ0) is 45.7. The zero-order valence-electron chi connectivity index (χ0n) is 38.1. The van der Waals surface area contributed by atoms with Crippen LogP contribution in [0.25, 0.3) is 10.9 Å². The van der Waals surface area contributed by atoms with Gasteiger partial charge in [0.1, 0.15) is 16.9 Å². The molecule has 14 heteroatoms. The van der Waals surface area contributed by atoms with Crippen molar-refractivity contribution in [3.05, 3.63) is 100 Å². The number of phenols is 1. The molecule has 0 radical (unpaired) electrons. The number of benzene rings is 3. The highest BCUT2D eigenvalue weighted by Gasteiger charge is 2.77. The van der Waals surface area contributed by atoms with Gasteiger partial charge < -0.3 is 39.0 Å². The summed E-state index contributed by atoms with van der Waals surface area (Å²) in [5.74, 6) is -1.77. The quantitative estimate of drug-likeness (QED) is 0.0939. The lowest BCUT2D eigenvalue weighted by Gasteiger charge is -2.59. The summed E-state index contributed by atoms with van der Waals surface area (Å²) in [6, 6.07) is 16.4. The Hall–Kier alpha value is -5.28. The summed E-state index contributed by atoms with van der Waals surface area (Å²) in [5.41, 5.74) is 2.65. The van der Waals surface area contributed by atoms with Gasteiger partial charge in [-0.25, -0.2) is 4.79 Å². The molecule has 6 aliphatic rings. The fraction of sp³-hybridized carbons (Fsp3) is 0.471. The lowest BCUT2D eigenvalue weighted by Crippen LogP contribution is -2.78. The molecule has 2 fully saturated rings. The van der Waals surface area contributed by atoms with Gasteiger partial charge in [-0.1, -0.05) is 55.0 Å². The van der Waals surface area contributed by atoms with Crippen LogP contribution in [0.4, 0.5) is 5.69 Å². The number of carbonyl (C=O) groups excluding carboxylic acids is 3. The molecule has 2 unspecified atom stereocenters. The Bertz CT molecular complexity index is 2700. The van der Waals surface area contributed by atoms with Crippen LogP contribution in [0.1, 0.15) is 68.8 Å². The maximum atomic E-state index is 15.5. The number of aromatic hydroxyl groups is 1. The third-order valence-corrected chi connectivity index (χ3v) is 16.7. The van der Waals surface area contributed by atoms with Crippen molar-refractivity contribution in [1.29, 1.82) is 0 Å². The normalized spacial score (nSPS) is 31.0. The summed E-state index contributed by atoms with van der Waals surface area (Å²) in [5, 5.41) is 24.6. The SMILES string of the molecule is CCC1=C[C@H]2CN(C1)Cc1c([nH]c3ccc(Sc4cccc(O)c4)cc13)[C@@](C(=O)OC)(c1cc3c(cc1OC)N(C)[C@H]1[C@@](O)(C(=O)OC)[C@H](OC(C)=O)C4C(CC)=CCN5CC[C@]31[C@H]45)C2. The lowest BCUT2D eigenvalue weighted by molar-refractivity contribution is -0.212. The van der Waals surface area contributed by atoms with Gasteiger partial charge in [0, 0.05) is 101 Å². The molecule has 9 atom stereocenters. The molecule has 1 spiro atoms. The second kappa shape index (κ2) is 16.0. The van der Waals surface area contributed by atoms with Crippen molar-refractivity contribution in [1.82, 2.24) is 14.8 Å². The number of carbonyl (C=O) groups is 3. The molecule has 10 rings (SSSR count). The van der Waals surface area contributed by atoms with Crippen LogP contribution in [0.2, 0.25) is 0 Å². The molecule has 4 aromatic rings. The van der Waals surface area contributed by atoms with Crippen LogP contribution in [0.5, 0.6) is 11.5 Å². The van der Waals surface area contributed by atoms with E-state index in [9.17, 15) is 19.8 Å². The molecule has 1 aromatic heterocycles. The van der Waals surface area contributed by atoms with Crippen molar-refractivity contribution >= 4 is 46.3 Å². The van der Waals surface area contributed by atoms with Crippen molar-refractivity contribution < 1.29 is 43.5 Å². The summed E-state index contributed by atoms with van der Waals surface area (Å²) in [7, 11) is 6.20. The number of nitrogens with zero attached hydrogens (tertiary/aromatic N) is 3. The van der Waals surface area contributed by atoms with Gasteiger partial charge in [0.15, 0.2) is 6.10 Å². The van der Waals surface area contributed by atoms with E-state index in [1.54, 1.807) is 31.0 Å². The van der Waals surface area contributed by atoms with Crippen LogP contribution < -0.4 is 9.64 Å². The Labute approximate surface area is 383 Å². The third kappa shape index (κ3) is 6.26. The van der Waals surface area contributed by atoms with Crippen LogP contribution in [0.3, 0.4) is 0 Å². The van der Waals surface area contributed by atoms with Gasteiger partial charge in [-0.15, -0.1) is 0 Å². The van der Waals surface area contributed by atoms with Gasteiger partial charge in [-0.2, -0.15) is 0 Å². The Morgan fingerprint density at radius 2 is 1.74 bits per heavy atom. The fourth-order valence-corrected chi connectivity index (χ4v) is 14.3. The van der Waals surface area contributed by atoms with Crippen LogP contribution in [-0.4, -0.2) is 121 Å². The van der Waals surface area contributed by atoms with E-state index in [1.165, 1.54) is 26.7 Å². The maximum Gasteiger partial charge on any atom is 0.344 e. The number of anilines is 1. The number of hydrogen-bond acceptors (Lipinski definition) is 13. The summed E-state index contributed by atoms with van der Waals surface area (Å²) in [4.78, 5) is 55.5. The first kappa shape index (κ1) is 43.6. The van der Waals surface area contributed by atoms with Crippen molar-refractivity contribution in [2.75, 3.05) is 59.5 Å². The minimum Gasteiger partial charge on any atom is -0.508 e. The van der Waals surface area contributed by atoms with E-state index < -0.39 is 52.4 Å². The van der Waals surface area contributed by atoms with Crippen LogP contribution in [0.15, 0.2) is 87.7 Å². The number of ether oxygens (including phenoxy) is 4. The minimum atomic E-state index is -2.28. The Kier molecular flexibility index (Phi) is 10.7. The second-order valence-electron chi connectivity index (χ2n) is 18.8. The molecule has 1 aliphatic carbocycles. The number of phenolic OH excluding ortho intramolecular Hbond substituents is 1. The van der Waals surface area contributed by atoms with Gasteiger partial charge in [0.05, 0.1) is 27.4 Å². The first-order valence-electron chi connectivity index (χ1n) is 22.8. The maximum absolute atomic E-state index is 15.5. The number of rotatable bonds is 9. The molecule has 3 aromatic carbocycles. The van der Waals surface area contributed by atoms with Crippen molar-refractivity contribution in [2.45, 2.75) is 97.4 Å². The highest BCUT2D eigenvalue weighted by Crippen LogP contribution is 2.65. The monoisotopic (exact) mass is 902 g/mol. The first-order valence-corrected chi connectivity index (χ1v) is 23.6. The number of esters is 3. The molecule has 6 heterocycles. The number of likely N-dealkylation sites (N-methyl/N-ethyl adjacent to an activating group) is 1. The first-order chi connectivity index (χ1) is 31.3. The number of aliphatic hydroxyl groups is 1. The van der Waals surface area contributed by atoms with E-state index in [0.717, 1.165) is 68.3 Å². The van der Waals surface area contributed by atoms with Gasteiger partial charge in [0.25, 0.3) is 0 Å². The molecule has 3 N–H and O–H groups in total. The Morgan fingerprint density at radius 3 is 2.45 bits per heavy atom. The van der Waals surface area contributed by atoms with Crippen LogP contribution in [-0.2, 0) is 46.0 Å². The molecule has 0 amide bonds. The lowest BCUT2D eigenvalue weighted by atomic mass is 9.52. The van der Waals surface area contributed by atoms with Crippen molar-refractivity contribution in [2.24, 2.45) is 11.8 Å². The predicted molar refractivity (Wildman–Crippen MR) is 246 cm³/mol. The fourth-order valence-electron chi connectivity index (χ4n) is 13.3. The van der Waals surface area contributed by atoms with E-state index in [4.69, 9.17) is 18.9 Å². The van der Waals surface area contributed by atoms with E-state index in [0.29, 0.717) is 50.2 Å². The molecular formula is C51H58N4O9S. The number of aromatic nitrogens is 1. The van der Waals surface area contributed by atoms with E-state index in [1.807, 2.05) is 30.1 Å². The standard InChI is InChI=1S/C51H58N4O9S/c1-8-29-19-30-24-50(47(58)62-6,43-36(27-54(25-29)26-30)35-21-34(13-14-39(35)52-43)65-33-12-10-11-32(57)20-33)38-22-37-40(23-41(38)61-5)53(4)46-49(37)16-18-55-17-15-31(9-2)42(44(49)55)45(64-28(3)56)51(46,60)48(59)63-7/h10-15,19-23,30,42,44-46,52,57,60H,8-9,16-18,24-27H2,1-7H3/t30-,42?,44+,45-,46-,49-,50+,51-/m1/s1. The summed E-state index contributed by atoms with van der Waals surface area (Å²) < 4.78 is 24.0. The summed E-state index contributed by atoms with van der Waals surface area (Å²) >= 11 is 1.56. The Morgan fingerprint density at radius 1 is 0.954 bits per heavy atom. The number of nitrogens with one attached hydrogen (secondary N) is 1. The van der Waals surface area contributed by atoms with Crippen LogP contribution >= 0.6 is 11.8 Å². The number of hydrogen-bond donors (Lipinski definition) is 3. The topological polar surface area (TPSA) is 154 Å². The predicted octanol–water partition coefficient (Wildman–Crippen LogP) is 6.61. The van der Waals surface area contributed by atoms with Crippen molar-refractivity contribution in [3.8, 4) is 11.5 Å². The highest BCUT2D eigenvalue weighted by molar-refractivity contribution is 7.99. The van der Waals surface area contributed by atoms with E-state index in [2.05, 4.69) is 65.0 Å². The molecule has 5 aliphatic heterocycles. The molecule has 342 valence electrons. The van der Waals surface area contributed by atoms with E-state index in [-0.39, 0.29) is 17.7 Å². The minimum absolute atomic E-state index is 0.0219. The molecule has 13 nitrogen and oxygen atoms in total. The molecule has 2 bridgehead atoms. The number of methoxy groups -OCH3 is 3. The van der Waals surface area contributed by atoms with Gasteiger partial charge >= 0.3 is 17.9 Å². The molecule has 1 saturated heterocycles. The van der Waals surface area contributed by atoms with Gasteiger partial charge in [-0.05, 0) is 91.7 Å². The molecule has 65 heavy (non-hydrogen) atoms. The number of aromatic amines is 1. The van der Waals surface area contributed by atoms with Gasteiger partial charge in [0.2, 0.25) is 5.60 Å². The molecular weight excluding hydrogens is 845 g/mol. The summed E-state index contributed by atoms with van der Waals surface area (Å²) in [6.45, 7) is 9.03. The van der Waals surface area contributed by atoms with E-state index >= 15 is 4.79 Å². The highest BCUT2D eigenvalue weighted by atomic mass is 32.2. The van der Waals surface area contributed by atoms with Crippen LogP contribution in [0, 0.1) is 11.8 Å². The average Bonchev–Trinajstić information content (AvgIpc) is 3.94. The summed E-state index contributed by atoms with van der Waals surface area (Å²) in [6.07, 6.45) is 5.76. The Balaban J connectivity index is 1.24. The zero-order valence-corrected chi connectivity index (χ0v) is 38.9. The average molecular weight is 903 g/mol. The number of H-pyrrole nitrogens is 1. The van der Waals surface area contributed by atoms with Gasteiger partial charge in [-0.3, -0.25) is 19.4 Å². The largest absolute Gasteiger partial charge is 0.508 e. The number of fused-ring (bicyclic) bond motifs is 6. The third-order valence-electron chi connectivity index (χ3n) is 15.7.